The normalized spacial score (nSPS) is 28.0. The molecule has 1 aliphatic carbocycles. The van der Waals surface area contributed by atoms with E-state index in [0.29, 0.717) is 11.8 Å². The lowest BCUT2D eigenvalue weighted by Gasteiger charge is -2.20. The van der Waals surface area contributed by atoms with Crippen LogP contribution in [0.3, 0.4) is 0 Å². The monoisotopic (exact) mass is 297 g/mol. The molecule has 2 heteroatoms. The molecule has 0 bridgehead atoms. The van der Waals surface area contributed by atoms with Crippen LogP contribution in [0.2, 0.25) is 0 Å². The second-order valence-corrected chi connectivity index (χ2v) is 6.97. The number of aromatic nitrogens is 1. The molecule has 1 saturated carbocycles. The first-order valence-electron chi connectivity index (χ1n) is 8.20. The molecule has 0 saturated heterocycles. The summed E-state index contributed by atoms with van der Waals surface area (Å²) in [4.78, 5) is 4.65. The average Bonchev–Trinajstić information content (AvgIpc) is 2.75. The Balaban J connectivity index is 1.91. The Kier molecular flexibility index (Phi) is 4.03. The number of halogens is 1. The smallest absolute Gasteiger partial charge is 0.123 e. The third-order valence-electron chi connectivity index (χ3n) is 5.68. The van der Waals surface area contributed by atoms with Crippen molar-refractivity contribution in [2.45, 2.75) is 40.0 Å². The zero-order valence-electron chi connectivity index (χ0n) is 13.8. The largest absolute Gasteiger partial charge is 0.256 e. The van der Waals surface area contributed by atoms with E-state index >= 15 is 0 Å². The van der Waals surface area contributed by atoms with Gasteiger partial charge >= 0.3 is 0 Å². The Hall–Kier alpha value is -1.70. The van der Waals surface area contributed by atoms with E-state index < -0.39 is 0 Å². The summed E-state index contributed by atoms with van der Waals surface area (Å²) in [5.41, 5.74) is 4.58. The fourth-order valence-corrected chi connectivity index (χ4v) is 3.86. The number of hydrogen-bond donors (Lipinski definition) is 0. The molecule has 2 aromatic rings. The van der Waals surface area contributed by atoms with Gasteiger partial charge in [-0.1, -0.05) is 20.8 Å². The molecule has 1 aromatic carbocycles. The molecule has 0 aliphatic heterocycles. The van der Waals surface area contributed by atoms with Gasteiger partial charge in [-0.3, -0.25) is 4.98 Å². The van der Waals surface area contributed by atoms with E-state index in [9.17, 15) is 4.39 Å². The van der Waals surface area contributed by atoms with E-state index in [-0.39, 0.29) is 5.82 Å². The predicted molar refractivity (Wildman–Crippen MR) is 89.2 cm³/mol. The molecule has 116 valence electrons. The van der Waals surface area contributed by atoms with Crippen molar-refractivity contribution < 1.29 is 4.39 Å². The zero-order chi connectivity index (χ0) is 15.9. The van der Waals surface area contributed by atoms with Crippen LogP contribution in [0.4, 0.5) is 4.39 Å². The van der Waals surface area contributed by atoms with Crippen LogP contribution in [0.5, 0.6) is 0 Å². The van der Waals surface area contributed by atoms with Crippen molar-refractivity contribution >= 4 is 0 Å². The molecule has 4 atom stereocenters. The predicted octanol–water partition coefficient (Wildman–Crippen LogP) is 5.59. The van der Waals surface area contributed by atoms with Crippen molar-refractivity contribution in [2.75, 3.05) is 0 Å². The Morgan fingerprint density at radius 1 is 1.05 bits per heavy atom. The van der Waals surface area contributed by atoms with E-state index in [4.69, 9.17) is 0 Å². The van der Waals surface area contributed by atoms with E-state index in [1.54, 1.807) is 12.1 Å². The highest BCUT2D eigenvalue weighted by atomic mass is 19.1. The minimum atomic E-state index is -0.208. The standard InChI is InChI=1S/C20H24FN/c1-12-9-18(15(4)14(12)3)19-11-22-20(10-13(19)2)16-5-7-17(21)8-6-16/h5-8,10-12,14-15,18H,9H2,1-4H3. The third kappa shape index (κ3) is 2.67. The molecule has 0 spiro atoms. The molecule has 1 fully saturated rings. The molecule has 0 radical (unpaired) electrons. The Bertz CT molecular complexity index is 662. The van der Waals surface area contributed by atoms with Crippen LogP contribution in [0.15, 0.2) is 36.5 Å². The second-order valence-electron chi connectivity index (χ2n) is 6.97. The SMILES string of the molecule is Cc1cc(-c2ccc(F)cc2)ncc1C1CC(C)C(C)C1C. The topological polar surface area (TPSA) is 12.9 Å². The Labute approximate surface area is 132 Å². The first-order valence-corrected chi connectivity index (χ1v) is 8.20. The van der Waals surface area contributed by atoms with Gasteiger partial charge < -0.3 is 0 Å². The van der Waals surface area contributed by atoms with Crippen molar-refractivity contribution in [1.29, 1.82) is 0 Å². The highest BCUT2D eigenvalue weighted by Gasteiger charge is 2.36. The van der Waals surface area contributed by atoms with Crippen LogP contribution in [-0.4, -0.2) is 4.98 Å². The van der Waals surface area contributed by atoms with Crippen molar-refractivity contribution in [3.05, 3.63) is 53.5 Å². The summed E-state index contributed by atoms with van der Waals surface area (Å²) in [6, 6.07) is 8.70. The summed E-state index contributed by atoms with van der Waals surface area (Å²) in [5, 5.41) is 0. The van der Waals surface area contributed by atoms with Gasteiger partial charge in [-0.05, 0) is 78.5 Å². The maximum absolute atomic E-state index is 13.0. The van der Waals surface area contributed by atoms with Crippen LogP contribution in [0.25, 0.3) is 11.3 Å². The summed E-state index contributed by atoms with van der Waals surface area (Å²) >= 11 is 0. The van der Waals surface area contributed by atoms with Crippen molar-refractivity contribution in [1.82, 2.24) is 4.98 Å². The van der Waals surface area contributed by atoms with E-state index in [1.165, 1.54) is 29.7 Å². The van der Waals surface area contributed by atoms with Gasteiger partial charge in [0, 0.05) is 11.8 Å². The molecule has 1 heterocycles. The molecular weight excluding hydrogens is 273 g/mol. The van der Waals surface area contributed by atoms with Gasteiger partial charge in [0.25, 0.3) is 0 Å². The minimum Gasteiger partial charge on any atom is -0.256 e. The molecule has 3 rings (SSSR count). The number of rotatable bonds is 2. The van der Waals surface area contributed by atoms with E-state index in [1.807, 2.05) is 6.20 Å². The van der Waals surface area contributed by atoms with Gasteiger partial charge in [-0.25, -0.2) is 4.39 Å². The van der Waals surface area contributed by atoms with Crippen molar-refractivity contribution in [2.24, 2.45) is 17.8 Å². The number of aryl methyl sites for hydroxylation is 1. The van der Waals surface area contributed by atoms with Gasteiger partial charge in [-0.15, -0.1) is 0 Å². The molecule has 4 unspecified atom stereocenters. The lowest BCUT2D eigenvalue weighted by Crippen LogP contribution is -2.10. The van der Waals surface area contributed by atoms with Crippen LogP contribution in [0.1, 0.15) is 44.2 Å². The van der Waals surface area contributed by atoms with Gasteiger partial charge in [-0.2, -0.15) is 0 Å². The highest BCUT2D eigenvalue weighted by molar-refractivity contribution is 5.60. The summed E-state index contributed by atoms with van der Waals surface area (Å²) in [6.45, 7) is 9.26. The summed E-state index contributed by atoms with van der Waals surface area (Å²) in [5.74, 6) is 2.64. The van der Waals surface area contributed by atoms with Crippen LogP contribution in [0, 0.1) is 30.5 Å². The van der Waals surface area contributed by atoms with Crippen LogP contribution < -0.4 is 0 Å². The molecule has 1 aliphatic rings. The summed E-state index contributed by atoms with van der Waals surface area (Å²) in [7, 11) is 0. The Morgan fingerprint density at radius 3 is 2.27 bits per heavy atom. The number of hydrogen-bond acceptors (Lipinski definition) is 1. The second kappa shape index (κ2) is 5.83. The zero-order valence-corrected chi connectivity index (χ0v) is 13.8. The maximum Gasteiger partial charge on any atom is 0.123 e. The van der Waals surface area contributed by atoms with Gasteiger partial charge in [0.1, 0.15) is 5.82 Å². The summed E-state index contributed by atoms with van der Waals surface area (Å²) in [6.07, 6.45) is 3.29. The molecule has 0 N–H and O–H groups in total. The molecule has 0 amide bonds. The van der Waals surface area contributed by atoms with E-state index in [0.717, 1.165) is 23.1 Å². The molecular formula is C20H24FN. The Morgan fingerprint density at radius 2 is 1.73 bits per heavy atom. The quantitative estimate of drug-likeness (QED) is 0.704. The number of pyridine rings is 1. The van der Waals surface area contributed by atoms with Crippen molar-refractivity contribution in [3.63, 3.8) is 0 Å². The first-order chi connectivity index (χ1) is 10.5. The van der Waals surface area contributed by atoms with E-state index in [2.05, 4.69) is 38.7 Å². The highest BCUT2D eigenvalue weighted by Crippen LogP contribution is 2.47. The maximum atomic E-state index is 13.0. The first kappa shape index (κ1) is 15.2. The third-order valence-corrected chi connectivity index (χ3v) is 5.68. The molecule has 1 aromatic heterocycles. The van der Waals surface area contributed by atoms with Crippen molar-refractivity contribution in [3.8, 4) is 11.3 Å². The number of nitrogens with zero attached hydrogens (tertiary/aromatic N) is 1. The van der Waals surface area contributed by atoms with Crippen LogP contribution >= 0.6 is 0 Å². The van der Waals surface area contributed by atoms with Gasteiger partial charge in [0.15, 0.2) is 0 Å². The average molecular weight is 297 g/mol. The lowest BCUT2D eigenvalue weighted by atomic mass is 9.85. The molecule has 22 heavy (non-hydrogen) atoms. The molecule has 1 nitrogen and oxygen atoms in total. The lowest BCUT2D eigenvalue weighted by molar-refractivity contribution is 0.370. The van der Waals surface area contributed by atoms with Gasteiger partial charge in [0.2, 0.25) is 0 Å². The minimum absolute atomic E-state index is 0.208. The van der Waals surface area contributed by atoms with Gasteiger partial charge in [0.05, 0.1) is 5.69 Å². The fourth-order valence-electron chi connectivity index (χ4n) is 3.86. The summed E-state index contributed by atoms with van der Waals surface area (Å²) < 4.78 is 13.0. The fraction of sp³-hybridized carbons (Fsp3) is 0.450. The van der Waals surface area contributed by atoms with Crippen LogP contribution in [-0.2, 0) is 0 Å². The number of benzene rings is 1.